The van der Waals surface area contributed by atoms with E-state index in [4.69, 9.17) is 4.74 Å². The zero-order chi connectivity index (χ0) is 16.3. The number of nitrogens with zero attached hydrogens (tertiary/aromatic N) is 1. The summed E-state index contributed by atoms with van der Waals surface area (Å²) >= 11 is 0. The predicted octanol–water partition coefficient (Wildman–Crippen LogP) is 2.98. The molecule has 0 bridgehead atoms. The van der Waals surface area contributed by atoms with Gasteiger partial charge < -0.3 is 15.4 Å². The molecule has 1 atom stereocenters. The molecule has 1 aliphatic rings. The van der Waals surface area contributed by atoms with Crippen molar-refractivity contribution >= 4 is 17.4 Å². The van der Waals surface area contributed by atoms with E-state index < -0.39 is 4.92 Å². The Bertz CT molecular complexity index is 586. The second kappa shape index (κ2) is 6.31. The molecule has 1 aliphatic heterocycles. The molecule has 7 nitrogen and oxygen atoms in total. The van der Waals surface area contributed by atoms with Gasteiger partial charge in [0.15, 0.2) is 0 Å². The maximum absolute atomic E-state index is 12.1. The highest BCUT2D eigenvalue weighted by atomic mass is 16.6. The fourth-order valence-electron chi connectivity index (χ4n) is 2.60. The molecule has 1 saturated heterocycles. The second-order valence-electron chi connectivity index (χ2n) is 6.15. The highest BCUT2D eigenvalue weighted by Gasteiger charge is 2.29. The summed E-state index contributed by atoms with van der Waals surface area (Å²) in [6.45, 7) is 6.34. The van der Waals surface area contributed by atoms with Gasteiger partial charge in [-0.25, -0.2) is 4.79 Å². The molecule has 1 aromatic carbocycles. The first-order valence-corrected chi connectivity index (χ1v) is 7.23. The number of hydrogen-bond acceptors (Lipinski definition) is 4. The molecule has 0 aromatic heterocycles. The van der Waals surface area contributed by atoms with Crippen molar-refractivity contribution in [1.29, 1.82) is 0 Å². The van der Waals surface area contributed by atoms with E-state index >= 15 is 0 Å². The molecule has 1 fully saturated rings. The number of carbonyl (C=O) groups is 1. The lowest BCUT2D eigenvalue weighted by Gasteiger charge is -2.35. The molecule has 0 saturated carbocycles. The van der Waals surface area contributed by atoms with Crippen LogP contribution in [-0.4, -0.2) is 29.2 Å². The number of anilines is 1. The third-order valence-electron chi connectivity index (χ3n) is 3.70. The topological polar surface area (TPSA) is 93.5 Å². The molecule has 2 amide bonds. The first-order chi connectivity index (χ1) is 10.3. The normalized spacial score (nSPS) is 20.2. The van der Waals surface area contributed by atoms with E-state index in [1.807, 2.05) is 13.8 Å². The number of carbonyl (C=O) groups excluding carboxylic acids is 1. The summed E-state index contributed by atoms with van der Waals surface area (Å²) in [7, 11) is 0. The van der Waals surface area contributed by atoms with E-state index in [9.17, 15) is 14.9 Å². The summed E-state index contributed by atoms with van der Waals surface area (Å²) in [5.41, 5.74) is 0.986. The first kappa shape index (κ1) is 16.2. The Balaban J connectivity index is 1.96. The fraction of sp³-hybridized carbons (Fsp3) is 0.533. The summed E-state index contributed by atoms with van der Waals surface area (Å²) in [6.07, 6.45) is 1.52. The van der Waals surface area contributed by atoms with Gasteiger partial charge in [0, 0.05) is 30.5 Å². The van der Waals surface area contributed by atoms with E-state index in [0.29, 0.717) is 17.9 Å². The Morgan fingerprint density at radius 2 is 2.18 bits per heavy atom. The van der Waals surface area contributed by atoms with Crippen LogP contribution in [0.15, 0.2) is 18.2 Å². The number of nitro groups is 1. The Labute approximate surface area is 129 Å². The Morgan fingerprint density at radius 1 is 1.45 bits per heavy atom. The van der Waals surface area contributed by atoms with Gasteiger partial charge in [0.05, 0.1) is 10.5 Å². The van der Waals surface area contributed by atoms with Crippen LogP contribution in [0, 0.1) is 17.0 Å². The van der Waals surface area contributed by atoms with E-state index in [0.717, 1.165) is 12.8 Å². The lowest BCUT2D eigenvalue weighted by molar-refractivity contribution is -0.384. The van der Waals surface area contributed by atoms with Crippen LogP contribution in [0.3, 0.4) is 0 Å². The molecule has 0 radical (unpaired) electrons. The Kier molecular flexibility index (Phi) is 4.65. The van der Waals surface area contributed by atoms with Gasteiger partial charge in [-0.05, 0) is 45.2 Å². The number of non-ortho nitro benzene ring substituents is 1. The zero-order valence-electron chi connectivity index (χ0n) is 13.0. The SMILES string of the molecule is Cc1cc([N+](=O)[O-])ccc1NC(=O)N[C@@H]1CCOC(C)(C)C1. The molecular formula is C15H21N3O4. The molecule has 7 heteroatoms. The molecule has 0 aliphatic carbocycles. The van der Waals surface area contributed by atoms with Crippen LogP contribution >= 0.6 is 0 Å². The van der Waals surface area contributed by atoms with Crippen molar-refractivity contribution in [2.75, 3.05) is 11.9 Å². The Morgan fingerprint density at radius 3 is 2.77 bits per heavy atom. The maximum Gasteiger partial charge on any atom is 0.319 e. The predicted molar refractivity (Wildman–Crippen MR) is 83.0 cm³/mol. The van der Waals surface area contributed by atoms with Gasteiger partial charge in [-0.2, -0.15) is 0 Å². The van der Waals surface area contributed by atoms with Crippen LogP contribution in [0.5, 0.6) is 0 Å². The largest absolute Gasteiger partial charge is 0.375 e. The fourth-order valence-corrected chi connectivity index (χ4v) is 2.60. The number of hydrogen-bond donors (Lipinski definition) is 2. The van der Waals surface area contributed by atoms with Crippen molar-refractivity contribution in [1.82, 2.24) is 5.32 Å². The van der Waals surface area contributed by atoms with Crippen molar-refractivity contribution < 1.29 is 14.5 Å². The maximum atomic E-state index is 12.1. The number of rotatable bonds is 3. The third-order valence-corrected chi connectivity index (χ3v) is 3.70. The average Bonchev–Trinajstić information content (AvgIpc) is 2.39. The third kappa shape index (κ3) is 4.17. The molecule has 1 aromatic rings. The Hall–Kier alpha value is -2.15. The number of amides is 2. The van der Waals surface area contributed by atoms with Gasteiger partial charge in [-0.15, -0.1) is 0 Å². The molecule has 22 heavy (non-hydrogen) atoms. The lowest BCUT2D eigenvalue weighted by atomic mass is 9.94. The van der Waals surface area contributed by atoms with Crippen molar-refractivity contribution in [2.24, 2.45) is 0 Å². The van der Waals surface area contributed by atoms with Gasteiger partial charge in [-0.1, -0.05) is 0 Å². The number of urea groups is 1. The molecular weight excluding hydrogens is 286 g/mol. The second-order valence-corrected chi connectivity index (χ2v) is 6.15. The van der Waals surface area contributed by atoms with Gasteiger partial charge in [0.2, 0.25) is 0 Å². The van der Waals surface area contributed by atoms with Crippen LogP contribution < -0.4 is 10.6 Å². The molecule has 2 rings (SSSR count). The van der Waals surface area contributed by atoms with Crippen LogP contribution in [0.1, 0.15) is 32.3 Å². The zero-order valence-corrected chi connectivity index (χ0v) is 13.0. The number of nitrogens with one attached hydrogen (secondary N) is 2. The van der Waals surface area contributed by atoms with Crippen LogP contribution in [0.2, 0.25) is 0 Å². The number of aryl methyl sites for hydroxylation is 1. The summed E-state index contributed by atoms with van der Waals surface area (Å²) in [4.78, 5) is 22.3. The molecule has 0 spiro atoms. The first-order valence-electron chi connectivity index (χ1n) is 7.23. The minimum atomic E-state index is -0.457. The van der Waals surface area contributed by atoms with E-state index in [1.165, 1.54) is 12.1 Å². The van der Waals surface area contributed by atoms with Crippen LogP contribution in [-0.2, 0) is 4.74 Å². The molecule has 0 unspecified atom stereocenters. The summed E-state index contributed by atoms with van der Waals surface area (Å²) in [5, 5.41) is 16.4. The lowest BCUT2D eigenvalue weighted by Crippen LogP contribution is -2.47. The van der Waals surface area contributed by atoms with E-state index in [2.05, 4.69) is 10.6 Å². The smallest absolute Gasteiger partial charge is 0.319 e. The van der Waals surface area contributed by atoms with Gasteiger partial charge >= 0.3 is 6.03 Å². The van der Waals surface area contributed by atoms with Crippen molar-refractivity contribution in [2.45, 2.75) is 45.3 Å². The van der Waals surface area contributed by atoms with Gasteiger partial charge in [-0.3, -0.25) is 10.1 Å². The van der Waals surface area contributed by atoms with Crippen molar-refractivity contribution in [3.05, 3.63) is 33.9 Å². The molecule has 1 heterocycles. The summed E-state index contributed by atoms with van der Waals surface area (Å²) < 4.78 is 5.61. The number of benzene rings is 1. The summed E-state index contributed by atoms with van der Waals surface area (Å²) in [6, 6.07) is 4.11. The quantitative estimate of drug-likeness (QED) is 0.663. The van der Waals surface area contributed by atoms with Gasteiger partial charge in [0.1, 0.15) is 0 Å². The minimum Gasteiger partial charge on any atom is -0.375 e. The highest BCUT2D eigenvalue weighted by Crippen LogP contribution is 2.24. The van der Waals surface area contributed by atoms with Crippen molar-refractivity contribution in [3.8, 4) is 0 Å². The van der Waals surface area contributed by atoms with Crippen molar-refractivity contribution in [3.63, 3.8) is 0 Å². The highest BCUT2D eigenvalue weighted by molar-refractivity contribution is 5.90. The monoisotopic (exact) mass is 307 g/mol. The molecule has 120 valence electrons. The number of nitro benzene ring substituents is 1. The van der Waals surface area contributed by atoms with E-state index in [1.54, 1.807) is 13.0 Å². The van der Waals surface area contributed by atoms with Crippen LogP contribution in [0.25, 0.3) is 0 Å². The van der Waals surface area contributed by atoms with E-state index in [-0.39, 0.29) is 23.4 Å². The molecule has 2 N–H and O–H groups in total. The average molecular weight is 307 g/mol. The van der Waals surface area contributed by atoms with Crippen LogP contribution in [0.4, 0.5) is 16.2 Å². The van der Waals surface area contributed by atoms with Gasteiger partial charge in [0.25, 0.3) is 5.69 Å². The summed E-state index contributed by atoms with van der Waals surface area (Å²) in [5.74, 6) is 0. The number of ether oxygens (including phenoxy) is 1. The standard InChI is InChI=1S/C15H21N3O4/c1-10-8-12(18(20)21)4-5-13(10)17-14(19)16-11-6-7-22-15(2,3)9-11/h4-5,8,11H,6-7,9H2,1-3H3,(H2,16,17,19)/t11-/m1/s1. The minimum absolute atomic E-state index is 0.00892.